The van der Waals surface area contributed by atoms with Crippen molar-refractivity contribution in [2.45, 2.75) is 23.5 Å². The summed E-state index contributed by atoms with van der Waals surface area (Å²) in [6.45, 7) is 1.92. The highest BCUT2D eigenvalue weighted by atomic mass is 79.9. The molecule has 0 aromatic heterocycles. The molecule has 1 N–H and O–H groups in total. The van der Waals surface area contributed by atoms with Crippen molar-refractivity contribution in [3.8, 4) is 0 Å². The number of rotatable bonds is 5. The molecule has 1 rings (SSSR count). The van der Waals surface area contributed by atoms with Crippen molar-refractivity contribution < 1.29 is 13.2 Å². The second-order valence-electron chi connectivity index (χ2n) is 4.03. The number of hydrogen-bond donors (Lipinski definition) is 1. The molecule has 0 saturated carbocycles. The molecule has 106 valence electrons. The average Bonchev–Trinajstić information content (AvgIpc) is 2.31. The number of sulfone groups is 1. The van der Waals surface area contributed by atoms with Crippen LogP contribution in [0.25, 0.3) is 0 Å². The number of carbonyl (C=O) groups excluding carboxylic acids is 1. The molecule has 0 saturated heterocycles. The monoisotopic (exact) mass is 365 g/mol. The van der Waals surface area contributed by atoms with Crippen molar-refractivity contribution in [3.05, 3.63) is 22.7 Å². The maximum atomic E-state index is 12.0. The van der Waals surface area contributed by atoms with Gasteiger partial charge in [0.1, 0.15) is 0 Å². The maximum Gasteiger partial charge on any atom is 0.237 e. The number of anilines is 1. The lowest BCUT2D eigenvalue weighted by molar-refractivity contribution is -0.115. The molecule has 0 aliphatic rings. The van der Waals surface area contributed by atoms with E-state index in [9.17, 15) is 13.2 Å². The summed E-state index contributed by atoms with van der Waals surface area (Å²) in [5.74, 6) is -0.178. The molecule has 0 spiro atoms. The molecule has 7 heteroatoms. The van der Waals surface area contributed by atoms with E-state index in [1.165, 1.54) is 17.8 Å². The van der Waals surface area contributed by atoms with Gasteiger partial charge in [0.05, 0.1) is 15.8 Å². The van der Waals surface area contributed by atoms with E-state index in [-0.39, 0.29) is 16.1 Å². The summed E-state index contributed by atoms with van der Waals surface area (Å²) in [5, 5.41) is 2.50. The Morgan fingerprint density at radius 2 is 2.11 bits per heavy atom. The van der Waals surface area contributed by atoms with Crippen LogP contribution in [0.1, 0.15) is 13.3 Å². The van der Waals surface area contributed by atoms with E-state index in [1.807, 2.05) is 13.2 Å². The number of hydrogen-bond acceptors (Lipinski definition) is 4. The Bertz CT molecular complexity index is 568. The zero-order valence-corrected chi connectivity index (χ0v) is 14.2. The predicted molar refractivity (Wildman–Crippen MR) is 83.5 cm³/mol. The first-order valence-electron chi connectivity index (χ1n) is 5.62. The minimum Gasteiger partial charge on any atom is -0.324 e. The SMILES string of the molecule is CC[C@H](SC)C(=O)Nc1ccc(Br)cc1S(C)(=O)=O. The van der Waals surface area contributed by atoms with Crippen LogP contribution in [0.5, 0.6) is 0 Å². The summed E-state index contributed by atoms with van der Waals surface area (Å²) in [4.78, 5) is 12.1. The molecule has 1 amide bonds. The highest BCUT2D eigenvalue weighted by Gasteiger charge is 2.19. The summed E-state index contributed by atoms with van der Waals surface area (Å²) < 4.78 is 24.1. The molecule has 0 aliphatic heterocycles. The third kappa shape index (κ3) is 4.50. The van der Waals surface area contributed by atoms with Crippen LogP contribution >= 0.6 is 27.7 Å². The van der Waals surface area contributed by atoms with Gasteiger partial charge in [-0.15, -0.1) is 0 Å². The van der Waals surface area contributed by atoms with E-state index in [4.69, 9.17) is 0 Å². The van der Waals surface area contributed by atoms with Gasteiger partial charge in [-0.3, -0.25) is 4.79 Å². The lowest BCUT2D eigenvalue weighted by atomic mass is 10.2. The van der Waals surface area contributed by atoms with Crippen LogP contribution in [0.2, 0.25) is 0 Å². The Morgan fingerprint density at radius 1 is 1.47 bits per heavy atom. The first kappa shape index (κ1) is 16.5. The Morgan fingerprint density at radius 3 is 2.58 bits per heavy atom. The van der Waals surface area contributed by atoms with Crippen LogP contribution in [0.3, 0.4) is 0 Å². The quantitative estimate of drug-likeness (QED) is 0.870. The Kier molecular flexibility index (Phi) is 5.88. The summed E-state index contributed by atoms with van der Waals surface area (Å²) in [6, 6.07) is 4.78. The van der Waals surface area contributed by atoms with Crippen molar-refractivity contribution in [2.24, 2.45) is 0 Å². The third-order valence-electron chi connectivity index (χ3n) is 2.55. The van der Waals surface area contributed by atoms with Crippen LogP contribution in [-0.2, 0) is 14.6 Å². The summed E-state index contributed by atoms with van der Waals surface area (Å²) >= 11 is 4.67. The highest BCUT2D eigenvalue weighted by Crippen LogP contribution is 2.26. The third-order valence-corrected chi connectivity index (χ3v) is 5.30. The first-order valence-corrected chi connectivity index (χ1v) is 9.60. The molecule has 1 atom stereocenters. The van der Waals surface area contributed by atoms with Gasteiger partial charge in [-0.1, -0.05) is 22.9 Å². The summed E-state index contributed by atoms with van der Waals surface area (Å²) in [6.07, 6.45) is 3.67. The first-order chi connectivity index (χ1) is 8.79. The van der Waals surface area contributed by atoms with Crippen LogP contribution in [0, 0.1) is 0 Å². The minimum absolute atomic E-state index is 0.117. The van der Waals surface area contributed by atoms with Crippen LogP contribution in [0.4, 0.5) is 5.69 Å². The van der Waals surface area contributed by atoms with Gasteiger partial charge in [0, 0.05) is 10.7 Å². The molecule has 0 heterocycles. The second-order valence-corrected chi connectivity index (χ2v) is 7.97. The molecule has 0 aliphatic carbocycles. The molecule has 19 heavy (non-hydrogen) atoms. The predicted octanol–water partition coefficient (Wildman–Crippen LogP) is 2.93. The molecule has 4 nitrogen and oxygen atoms in total. The molecular formula is C12H16BrNO3S2. The zero-order valence-electron chi connectivity index (χ0n) is 10.9. The number of amides is 1. The minimum atomic E-state index is -3.39. The topological polar surface area (TPSA) is 63.2 Å². The molecule has 0 radical (unpaired) electrons. The van der Waals surface area contributed by atoms with Gasteiger partial charge in [-0.2, -0.15) is 11.8 Å². The van der Waals surface area contributed by atoms with Crippen molar-refractivity contribution >= 4 is 49.1 Å². The van der Waals surface area contributed by atoms with Gasteiger partial charge in [0.2, 0.25) is 5.91 Å². The van der Waals surface area contributed by atoms with Crippen molar-refractivity contribution in [1.29, 1.82) is 0 Å². The standard InChI is InChI=1S/C12H16BrNO3S2/c1-4-10(18-2)12(15)14-9-6-5-8(13)7-11(9)19(3,16)17/h5-7,10H,4H2,1-3H3,(H,14,15)/t10-/m0/s1. The Labute approximate surface area is 126 Å². The molecular weight excluding hydrogens is 350 g/mol. The largest absolute Gasteiger partial charge is 0.324 e. The van der Waals surface area contributed by atoms with E-state index >= 15 is 0 Å². The van der Waals surface area contributed by atoms with Crippen molar-refractivity contribution in [3.63, 3.8) is 0 Å². The summed E-state index contributed by atoms with van der Waals surface area (Å²) in [5.41, 5.74) is 0.322. The van der Waals surface area contributed by atoms with Crippen LogP contribution in [0.15, 0.2) is 27.6 Å². The van der Waals surface area contributed by atoms with E-state index < -0.39 is 9.84 Å². The van der Waals surface area contributed by atoms with Gasteiger partial charge in [0.15, 0.2) is 9.84 Å². The lowest BCUT2D eigenvalue weighted by Crippen LogP contribution is -2.25. The number of halogens is 1. The van der Waals surface area contributed by atoms with Gasteiger partial charge in [-0.05, 0) is 30.9 Å². The molecule has 0 unspecified atom stereocenters. The van der Waals surface area contributed by atoms with Gasteiger partial charge in [-0.25, -0.2) is 8.42 Å². The Hall–Kier alpha value is -0.530. The van der Waals surface area contributed by atoms with Gasteiger partial charge < -0.3 is 5.32 Å². The van der Waals surface area contributed by atoms with E-state index in [0.717, 1.165) is 6.26 Å². The smallest absolute Gasteiger partial charge is 0.237 e. The van der Waals surface area contributed by atoms with Crippen molar-refractivity contribution in [2.75, 3.05) is 17.8 Å². The van der Waals surface area contributed by atoms with Crippen LogP contribution < -0.4 is 5.32 Å². The number of carbonyl (C=O) groups is 1. The average molecular weight is 366 g/mol. The number of benzene rings is 1. The fraction of sp³-hybridized carbons (Fsp3) is 0.417. The molecule has 0 bridgehead atoms. The normalized spacial score (nSPS) is 13.1. The van der Waals surface area contributed by atoms with Gasteiger partial charge in [0.25, 0.3) is 0 Å². The van der Waals surface area contributed by atoms with E-state index in [1.54, 1.807) is 12.1 Å². The Balaban J connectivity index is 3.12. The fourth-order valence-electron chi connectivity index (χ4n) is 1.58. The molecule has 0 fully saturated rings. The van der Waals surface area contributed by atoms with E-state index in [2.05, 4.69) is 21.2 Å². The van der Waals surface area contributed by atoms with Crippen LogP contribution in [-0.4, -0.2) is 32.1 Å². The number of thioether (sulfide) groups is 1. The highest BCUT2D eigenvalue weighted by molar-refractivity contribution is 9.10. The molecule has 1 aromatic carbocycles. The zero-order chi connectivity index (χ0) is 14.6. The lowest BCUT2D eigenvalue weighted by Gasteiger charge is -2.14. The summed E-state index contributed by atoms with van der Waals surface area (Å²) in [7, 11) is -3.39. The van der Waals surface area contributed by atoms with Crippen molar-refractivity contribution in [1.82, 2.24) is 0 Å². The molecule has 1 aromatic rings. The van der Waals surface area contributed by atoms with E-state index in [0.29, 0.717) is 16.6 Å². The second kappa shape index (κ2) is 6.76. The number of nitrogens with one attached hydrogen (secondary N) is 1. The fourth-order valence-corrected chi connectivity index (χ4v) is 3.56. The maximum absolute atomic E-state index is 12.0. The van der Waals surface area contributed by atoms with Gasteiger partial charge >= 0.3 is 0 Å².